The van der Waals surface area contributed by atoms with Crippen molar-refractivity contribution in [2.75, 3.05) is 0 Å². The van der Waals surface area contributed by atoms with Gasteiger partial charge in [0.05, 0.1) is 15.6 Å². The van der Waals surface area contributed by atoms with Crippen molar-refractivity contribution in [3.63, 3.8) is 0 Å². The molecule has 6 aromatic rings. The fourth-order valence-electron chi connectivity index (χ4n) is 3.77. The number of ether oxygens (including phenoxy) is 1. The first-order chi connectivity index (χ1) is 17.2. The van der Waals surface area contributed by atoms with Crippen molar-refractivity contribution in [3.8, 4) is 17.3 Å². The zero-order chi connectivity index (χ0) is 25.2. The minimum absolute atomic E-state index is 0.0470. The maximum absolute atomic E-state index is 13.3. The van der Waals surface area contributed by atoms with Crippen molar-refractivity contribution in [3.05, 3.63) is 64.2 Å². The molecule has 0 atom stereocenters. The van der Waals surface area contributed by atoms with E-state index >= 15 is 0 Å². The van der Waals surface area contributed by atoms with E-state index in [1.165, 1.54) is 15.5 Å². The van der Waals surface area contributed by atoms with Crippen LogP contribution in [0.1, 0.15) is 11.3 Å². The molecule has 6 rings (SSSR count). The summed E-state index contributed by atoms with van der Waals surface area (Å²) in [6, 6.07) is 7.79. The lowest BCUT2D eigenvalue weighted by molar-refractivity contribution is -0.141. The summed E-state index contributed by atoms with van der Waals surface area (Å²) in [6.07, 6.45) is -1.39. The van der Waals surface area contributed by atoms with Gasteiger partial charge in [0.15, 0.2) is 18.1 Å². The van der Waals surface area contributed by atoms with Crippen LogP contribution in [0.3, 0.4) is 0 Å². The number of rotatable bonds is 4. The van der Waals surface area contributed by atoms with Gasteiger partial charge in [0.1, 0.15) is 27.2 Å². The Morgan fingerprint density at radius 2 is 1.86 bits per heavy atom. The maximum Gasteiger partial charge on any atom is 0.433 e. The zero-order valence-corrected chi connectivity index (χ0v) is 20.4. The van der Waals surface area contributed by atoms with Crippen LogP contribution in [0.2, 0.25) is 10.0 Å². The van der Waals surface area contributed by atoms with Crippen LogP contribution in [0.5, 0.6) is 5.75 Å². The molecule has 0 N–H and O–H groups in total. The van der Waals surface area contributed by atoms with E-state index in [0.717, 1.165) is 17.4 Å². The number of alkyl halides is 3. The Hall–Kier alpha value is -3.48. The number of aromatic nitrogens is 7. The molecule has 0 fully saturated rings. The minimum Gasteiger partial charge on any atom is -0.468 e. The van der Waals surface area contributed by atoms with E-state index in [4.69, 9.17) is 27.9 Å². The standard InChI is InChI=1S/C22H12Cl2F3N7OS/c1-10-7-14(22(25,26)27)29-21-15(10)16-18(36-21)20-30-19(32-34(20)8-28-16)13-5-6-33(31-13)9-35-17-11(23)3-2-4-12(17)24/h2-8H,9H2,1H3. The number of benzene rings is 1. The van der Waals surface area contributed by atoms with Crippen LogP contribution in [0.15, 0.2) is 42.9 Å². The van der Waals surface area contributed by atoms with E-state index < -0.39 is 11.9 Å². The van der Waals surface area contributed by atoms with E-state index in [1.54, 1.807) is 37.4 Å². The molecule has 36 heavy (non-hydrogen) atoms. The lowest BCUT2D eigenvalue weighted by Gasteiger charge is -2.09. The zero-order valence-electron chi connectivity index (χ0n) is 18.1. The first-order valence-corrected chi connectivity index (χ1v) is 11.9. The summed E-state index contributed by atoms with van der Waals surface area (Å²) in [6.45, 7) is 1.66. The van der Waals surface area contributed by atoms with Crippen LogP contribution >= 0.6 is 34.5 Å². The predicted octanol–water partition coefficient (Wildman–Crippen LogP) is 6.42. The van der Waals surface area contributed by atoms with Gasteiger partial charge in [0.25, 0.3) is 0 Å². The molecule has 0 bridgehead atoms. The molecule has 182 valence electrons. The Bertz CT molecular complexity index is 1770. The molecule has 0 unspecified atom stereocenters. The maximum atomic E-state index is 13.3. The number of hydrogen-bond donors (Lipinski definition) is 0. The first kappa shape index (κ1) is 23.0. The molecule has 0 aliphatic carbocycles. The van der Waals surface area contributed by atoms with Gasteiger partial charge in [-0.2, -0.15) is 18.3 Å². The molecule has 5 aromatic heterocycles. The largest absolute Gasteiger partial charge is 0.468 e. The molecule has 0 saturated carbocycles. The molecule has 14 heteroatoms. The van der Waals surface area contributed by atoms with Gasteiger partial charge in [-0.15, -0.1) is 16.4 Å². The minimum atomic E-state index is -4.54. The van der Waals surface area contributed by atoms with E-state index in [0.29, 0.717) is 54.1 Å². The van der Waals surface area contributed by atoms with Gasteiger partial charge < -0.3 is 4.74 Å². The number of pyridine rings is 1. The smallest absolute Gasteiger partial charge is 0.433 e. The molecular formula is C22H12Cl2F3N7OS. The van der Waals surface area contributed by atoms with Crippen molar-refractivity contribution in [1.82, 2.24) is 34.3 Å². The molecular weight excluding hydrogens is 538 g/mol. The van der Waals surface area contributed by atoms with Crippen molar-refractivity contribution < 1.29 is 17.9 Å². The number of para-hydroxylation sites is 1. The van der Waals surface area contributed by atoms with Gasteiger partial charge in [-0.1, -0.05) is 29.3 Å². The second kappa shape index (κ2) is 8.29. The Morgan fingerprint density at radius 3 is 2.61 bits per heavy atom. The Balaban J connectivity index is 1.36. The number of nitrogens with zero attached hydrogens (tertiary/aromatic N) is 7. The van der Waals surface area contributed by atoms with Gasteiger partial charge >= 0.3 is 6.18 Å². The molecule has 5 heterocycles. The SMILES string of the molecule is Cc1cc(C(F)(F)F)nc2sc3c(ncn4nc(-c5ccn(COc6c(Cl)cccc6Cl)n5)nc34)c12. The molecule has 8 nitrogen and oxygen atoms in total. The average Bonchev–Trinajstić information content (AvgIpc) is 3.54. The molecule has 1 aromatic carbocycles. The molecule has 0 radical (unpaired) electrons. The van der Waals surface area contributed by atoms with Crippen LogP contribution in [0, 0.1) is 6.92 Å². The van der Waals surface area contributed by atoms with Crippen LogP contribution in [0.4, 0.5) is 13.2 Å². The van der Waals surface area contributed by atoms with E-state index in [9.17, 15) is 13.2 Å². The molecule has 0 aliphatic rings. The molecule has 0 saturated heterocycles. The Kier molecular flexibility index (Phi) is 5.28. The highest BCUT2D eigenvalue weighted by Crippen LogP contribution is 2.38. The third kappa shape index (κ3) is 3.81. The highest BCUT2D eigenvalue weighted by Gasteiger charge is 2.33. The summed E-state index contributed by atoms with van der Waals surface area (Å²) in [4.78, 5) is 13.1. The number of thiophene rings is 1. The van der Waals surface area contributed by atoms with Gasteiger partial charge in [-0.3, -0.25) is 0 Å². The van der Waals surface area contributed by atoms with Crippen LogP contribution in [0.25, 0.3) is 37.6 Å². The Morgan fingerprint density at radius 1 is 1.08 bits per heavy atom. The van der Waals surface area contributed by atoms with E-state index in [1.807, 2.05) is 0 Å². The van der Waals surface area contributed by atoms with Crippen molar-refractivity contribution >= 4 is 60.6 Å². The van der Waals surface area contributed by atoms with Gasteiger partial charge in [0, 0.05) is 11.6 Å². The lowest BCUT2D eigenvalue weighted by atomic mass is 10.1. The van der Waals surface area contributed by atoms with Crippen molar-refractivity contribution in [2.45, 2.75) is 19.8 Å². The second-order valence-electron chi connectivity index (χ2n) is 7.79. The predicted molar refractivity (Wildman–Crippen MR) is 130 cm³/mol. The van der Waals surface area contributed by atoms with Crippen molar-refractivity contribution in [2.24, 2.45) is 0 Å². The van der Waals surface area contributed by atoms with Gasteiger partial charge in [0.2, 0.25) is 5.82 Å². The Labute approximate surface area is 213 Å². The fourth-order valence-corrected chi connectivity index (χ4v) is 5.45. The van der Waals surface area contributed by atoms with Crippen molar-refractivity contribution in [1.29, 1.82) is 0 Å². The third-order valence-corrected chi connectivity index (χ3v) is 7.05. The molecule has 0 spiro atoms. The summed E-state index contributed by atoms with van der Waals surface area (Å²) in [5.74, 6) is 0.663. The summed E-state index contributed by atoms with van der Waals surface area (Å²) >= 11 is 13.4. The van der Waals surface area contributed by atoms with Crippen LogP contribution in [-0.4, -0.2) is 34.3 Å². The summed E-state index contributed by atoms with van der Waals surface area (Å²) in [5.41, 5.74) is 0.932. The summed E-state index contributed by atoms with van der Waals surface area (Å²) < 4.78 is 49.0. The monoisotopic (exact) mass is 549 g/mol. The second-order valence-corrected chi connectivity index (χ2v) is 9.61. The first-order valence-electron chi connectivity index (χ1n) is 10.3. The van der Waals surface area contributed by atoms with E-state index in [2.05, 4.69) is 25.1 Å². The third-order valence-electron chi connectivity index (χ3n) is 5.38. The van der Waals surface area contributed by atoms with E-state index in [-0.39, 0.29) is 11.6 Å². The lowest BCUT2D eigenvalue weighted by Crippen LogP contribution is -2.07. The molecule has 0 aliphatic heterocycles. The topological polar surface area (TPSA) is 83.0 Å². The highest BCUT2D eigenvalue weighted by molar-refractivity contribution is 7.26. The number of hydrogen-bond acceptors (Lipinski definition) is 7. The van der Waals surface area contributed by atoms with Crippen LogP contribution in [-0.2, 0) is 12.9 Å². The normalized spacial score (nSPS) is 12.3. The number of fused-ring (bicyclic) bond motifs is 5. The van der Waals surface area contributed by atoms with Gasteiger partial charge in [-0.25, -0.2) is 24.1 Å². The van der Waals surface area contributed by atoms with Gasteiger partial charge in [-0.05, 0) is 36.8 Å². The fraction of sp³-hybridized carbons (Fsp3) is 0.136. The quantitative estimate of drug-likeness (QED) is 0.252. The highest BCUT2D eigenvalue weighted by atomic mass is 35.5. The molecule has 0 amide bonds. The number of aryl methyl sites for hydroxylation is 1. The van der Waals surface area contributed by atoms with Crippen LogP contribution < -0.4 is 4.74 Å². The summed E-state index contributed by atoms with van der Waals surface area (Å²) in [7, 11) is 0. The average molecular weight is 550 g/mol. The summed E-state index contributed by atoms with van der Waals surface area (Å²) in [5, 5.41) is 10.2. The number of halogens is 5.